The normalized spacial score (nSPS) is 23.0. The zero-order valence-electron chi connectivity index (χ0n) is 19.2. The molecule has 190 valence electrons. The monoisotopic (exact) mass is 553 g/mol. The van der Waals surface area contributed by atoms with Crippen LogP contribution in [0.1, 0.15) is 18.4 Å². The van der Waals surface area contributed by atoms with E-state index in [0.29, 0.717) is 53.0 Å². The predicted molar refractivity (Wildman–Crippen MR) is 136 cm³/mol. The van der Waals surface area contributed by atoms with Crippen LogP contribution in [0.2, 0.25) is 10.0 Å². The lowest BCUT2D eigenvalue weighted by Gasteiger charge is -2.40. The molecule has 11 heteroatoms. The number of anilines is 1. The first-order chi connectivity index (χ1) is 17.0. The van der Waals surface area contributed by atoms with E-state index in [2.05, 4.69) is 9.88 Å². The molecule has 0 amide bonds. The number of benzene rings is 1. The fourth-order valence-corrected chi connectivity index (χ4v) is 5.78. The van der Waals surface area contributed by atoms with E-state index < -0.39 is 29.1 Å². The number of carboxylic acids is 2. The zero-order valence-corrected chi connectivity index (χ0v) is 21.5. The van der Waals surface area contributed by atoms with Crippen molar-refractivity contribution in [3.8, 4) is 0 Å². The number of halogens is 4. The Kier molecular flexibility index (Phi) is 7.61. The fraction of sp³-hybridized carbons (Fsp3) is 0.320. The first-order valence-corrected chi connectivity index (χ1v) is 12.3. The number of hydrogen-bond acceptors (Lipinski definition) is 5. The summed E-state index contributed by atoms with van der Waals surface area (Å²) < 4.78 is 13.5. The molecule has 2 heterocycles. The van der Waals surface area contributed by atoms with Crippen LogP contribution >= 0.6 is 34.8 Å². The summed E-state index contributed by atoms with van der Waals surface area (Å²) in [7, 11) is 0. The lowest BCUT2D eigenvalue weighted by atomic mass is 9.65. The Morgan fingerprint density at radius 3 is 2.17 bits per heavy atom. The topological polar surface area (TPSA) is 94.0 Å². The summed E-state index contributed by atoms with van der Waals surface area (Å²) >= 11 is 19.2. The molecule has 2 aliphatic rings. The summed E-state index contributed by atoms with van der Waals surface area (Å²) in [5.74, 6) is -4.14. The number of piperazine rings is 1. The highest BCUT2D eigenvalue weighted by Gasteiger charge is 2.49. The fourth-order valence-electron chi connectivity index (χ4n) is 4.87. The van der Waals surface area contributed by atoms with E-state index in [1.165, 1.54) is 49.7 Å². The highest BCUT2D eigenvalue weighted by molar-refractivity contribution is 6.39. The zero-order chi connectivity index (χ0) is 26.2. The number of pyridine rings is 1. The third-order valence-electron chi connectivity index (χ3n) is 6.69. The van der Waals surface area contributed by atoms with E-state index in [0.717, 1.165) is 0 Å². The third kappa shape index (κ3) is 4.95. The second kappa shape index (κ2) is 10.4. The Bertz CT molecular complexity index is 1240. The molecular formula is C25H23Cl3FN3O4. The Hall–Kier alpha value is -2.65. The van der Waals surface area contributed by atoms with E-state index in [9.17, 15) is 24.2 Å². The van der Waals surface area contributed by atoms with Crippen molar-refractivity contribution in [2.75, 3.05) is 37.6 Å². The molecule has 1 aliphatic carbocycles. The van der Waals surface area contributed by atoms with Gasteiger partial charge in [0, 0.05) is 51.0 Å². The Labute approximate surface area is 222 Å². The highest BCUT2D eigenvalue weighted by atomic mass is 35.5. The quantitative estimate of drug-likeness (QED) is 0.517. The van der Waals surface area contributed by atoms with Crippen molar-refractivity contribution >= 4 is 52.4 Å². The molecule has 2 aromatic rings. The highest BCUT2D eigenvalue weighted by Crippen LogP contribution is 2.50. The van der Waals surface area contributed by atoms with Crippen molar-refractivity contribution < 1.29 is 24.2 Å². The van der Waals surface area contributed by atoms with Crippen molar-refractivity contribution in [2.45, 2.75) is 12.8 Å². The molecule has 1 aromatic carbocycles. The summed E-state index contributed by atoms with van der Waals surface area (Å²) in [6.07, 6.45) is 4.59. The molecule has 1 saturated heterocycles. The number of aliphatic carboxylic acids is 2. The predicted octanol–water partition coefficient (Wildman–Crippen LogP) is 5.04. The van der Waals surface area contributed by atoms with Crippen molar-refractivity contribution in [1.82, 2.24) is 9.88 Å². The SMILES string of the molecule is CC1(C(=O)O)C=C(CN2CCN(c3c(Cl)cncc3Cl)CC2)C(Cl)=C(C(=O)O)C1c1ccc(F)cc1. The maximum absolute atomic E-state index is 13.5. The van der Waals surface area contributed by atoms with Gasteiger partial charge in [0.25, 0.3) is 0 Å². The van der Waals surface area contributed by atoms with Gasteiger partial charge in [-0.25, -0.2) is 9.18 Å². The van der Waals surface area contributed by atoms with Crippen LogP contribution in [-0.2, 0) is 9.59 Å². The van der Waals surface area contributed by atoms with Crippen LogP contribution in [0.4, 0.5) is 10.1 Å². The van der Waals surface area contributed by atoms with Gasteiger partial charge in [-0.15, -0.1) is 0 Å². The summed E-state index contributed by atoms with van der Waals surface area (Å²) in [6, 6.07) is 5.12. The van der Waals surface area contributed by atoms with Gasteiger partial charge in [-0.05, 0) is 30.2 Å². The molecule has 0 spiro atoms. The van der Waals surface area contributed by atoms with E-state index in [1.54, 1.807) is 0 Å². The number of nitrogens with zero attached hydrogens (tertiary/aromatic N) is 3. The number of carbonyl (C=O) groups is 2. The maximum atomic E-state index is 13.5. The van der Waals surface area contributed by atoms with Crippen LogP contribution in [0.5, 0.6) is 0 Å². The lowest BCUT2D eigenvalue weighted by Crippen LogP contribution is -2.48. The molecule has 1 fully saturated rings. The Morgan fingerprint density at radius 2 is 1.64 bits per heavy atom. The van der Waals surface area contributed by atoms with Crippen molar-refractivity contribution in [3.63, 3.8) is 0 Å². The summed E-state index contributed by atoms with van der Waals surface area (Å²) in [6.45, 7) is 4.09. The molecule has 4 rings (SSSR count). The lowest BCUT2D eigenvalue weighted by molar-refractivity contribution is -0.146. The van der Waals surface area contributed by atoms with Crippen LogP contribution < -0.4 is 4.90 Å². The molecule has 0 saturated carbocycles. The van der Waals surface area contributed by atoms with Gasteiger partial charge in [0.05, 0.1) is 31.8 Å². The van der Waals surface area contributed by atoms with E-state index in [-0.39, 0.29) is 17.2 Å². The molecule has 2 unspecified atom stereocenters. The molecule has 1 aliphatic heterocycles. The minimum absolute atomic E-state index is 0.00166. The van der Waals surface area contributed by atoms with Gasteiger partial charge in [-0.2, -0.15) is 0 Å². The van der Waals surface area contributed by atoms with Gasteiger partial charge in [-0.3, -0.25) is 14.7 Å². The van der Waals surface area contributed by atoms with Gasteiger partial charge in [0.2, 0.25) is 0 Å². The third-order valence-corrected chi connectivity index (χ3v) is 7.69. The standard InChI is InChI=1S/C25H23Cl3FN3O4/c1-25(24(35)36)10-15(21(28)19(23(33)34)20(25)14-2-4-16(29)5-3-14)13-31-6-8-32(9-7-31)22-17(26)11-30-12-18(22)27/h2-5,10-12,20H,6-9,13H2,1H3,(H,33,34)(H,35,36). The van der Waals surface area contributed by atoms with E-state index >= 15 is 0 Å². The van der Waals surface area contributed by atoms with Crippen LogP contribution in [0.15, 0.2) is 58.9 Å². The van der Waals surface area contributed by atoms with Gasteiger partial charge < -0.3 is 15.1 Å². The van der Waals surface area contributed by atoms with E-state index in [4.69, 9.17) is 34.8 Å². The van der Waals surface area contributed by atoms with Crippen LogP contribution in [0, 0.1) is 11.2 Å². The molecule has 0 bridgehead atoms. The van der Waals surface area contributed by atoms with Crippen LogP contribution in [0.3, 0.4) is 0 Å². The number of carboxylic acid groups (broad SMARTS) is 2. The molecule has 1 aromatic heterocycles. The summed E-state index contributed by atoms with van der Waals surface area (Å²) in [5.41, 5.74) is -0.354. The van der Waals surface area contributed by atoms with E-state index in [1.807, 2.05) is 4.90 Å². The molecular weight excluding hydrogens is 532 g/mol. The van der Waals surface area contributed by atoms with Crippen molar-refractivity contribution in [1.29, 1.82) is 0 Å². The van der Waals surface area contributed by atoms with Crippen molar-refractivity contribution in [2.24, 2.45) is 5.41 Å². The molecule has 7 nitrogen and oxygen atoms in total. The largest absolute Gasteiger partial charge is 0.481 e. The average molecular weight is 555 g/mol. The minimum atomic E-state index is -1.61. The molecule has 2 atom stereocenters. The Balaban J connectivity index is 1.62. The van der Waals surface area contributed by atoms with Gasteiger partial charge in [0.1, 0.15) is 5.82 Å². The number of aromatic nitrogens is 1. The minimum Gasteiger partial charge on any atom is -0.481 e. The Morgan fingerprint density at radius 1 is 1.06 bits per heavy atom. The second-order valence-corrected chi connectivity index (χ2v) is 10.2. The second-order valence-electron chi connectivity index (χ2n) is 8.99. The smallest absolute Gasteiger partial charge is 0.333 e. The van der Waals surface area contributed by atoms with Crippen molar-refractivity contribution in [3.05, 3.63) is 80.3 Å². The first kappa shape index (κ1) is 26.4. The van der Waals surface area contributed by atoms with Gasteiger partial charge >= 0.3 is 11.9 Å². The van der Waals surface area contributed by atoms with Gasteiger partial charge in [0.15, 0.2) is 0 Å². The molecule has 0 radical (unpaired) electrons. The van der Waals surface area contributed by atoms with Crippen LogP contribution in [0.25, 0.3) is 0 Å². The van der Waals surface area contributed by atoms with Gasteiger partial charge in [-0.1, -0.05) is 53.0 Å². The van der Waals surface area contributed by atoms with Crippen LogP contribution in [-0.4, -0.2) is 64.8 Å². The average Bonchev–Trinajstić information content (AvgIpc) is 2.82. The number of hydrogen-bond donors (Lipinski definition) is 2. The number of rotatable bonds is 6. The molecule has 2 N–H and O–H groups in total. The summed E-state index contributed by atoms with van der Waals surface area (Å²) in [4.78, 5) is 32.9. The first-order valence-electron chi connectivity index (χ1n) is 11.1. The maximum Gasteiger partial charge on any atom is 0.333 e. The summed E-state index contributed by atoms with van der Waals surface area (Å²) in [5, 5.41) is 21.1. The molecule has 36 heavy (non-hydrogen) atoms.